The van der Waals surface area contributed by atoms with Crippen LogP contribution in [0.3, 0.4) is 0 Å². The lowest BCUT2D eigenvalue weighted by molar-refractivity contribution is -0.131. The molecule has 1 aliphatic rings. The van der Waals surface area contributed by atoms with Gasteiger partial charge in [-0.25, -0.2) is 13.1 Å². The van der Waals surface area contributed by atoms with E-state index >= 15 is 0 Å². The van der Waals surface area contributed by atoms with Gasteiger partial charge in [-0.3, -0.25) is 9.59 Å². The Kier molecular flexibility index (Phi) is 14.8. The quantitative estimate of drug-likeness (QED) is 0.153. The van der Waals surface area contributed by atoms with E-state index in [0.29, 0.717) is 25.4 Å². The predicted molar refractivity (Wildman–Crippen MR) is 191 cm³/mol. The molecule has 4 rings (SSSR count). The number of benzene rings is 3. The maximum atomic E-state index is 12.9. The van der Waals surface area contributed by atoms with Crippen LogP contribution in [0.15, 0.2) is 77.7 Å². The van der Waals surface area contributed by atoms with Crippen molar-refractivity contribution in [1.29, 1.82) is 0 Å². The lowest BCUT2D eigenvalue weighted by Crippen LogP contribution is -2.44. The van der Waals surface area contributed by atoms with Gasteiger partial charge in [0.15, 0.2) is 0 Å². The molecule has 3 aromatic rings. The van der Waals surface area contributed by atoms with E-state index in [4.69, 9.17) is 10.6 Å². The summed E-state index contributed by atoms with van der Waals surface area (Å²) in [7, 11) is -0.632. The van der Waals surface area contributed by atoms with Gasteiger partial charge in [-0.15, -0.1) is 0 Å². The highest BCUT2D eigenvalue weighted by molar-refractivity contribution is 7.89. The summed E-state index contributed by atoms with van der Waals surface area (Å²) in [4.78, 5) is 30.6. The zero-order chi connectivity index (χ0) is 35.3. The predicted octanol–water partition coefficient (Wildman–Crippen LogP) is 5.19. The molecule has 1 heterocycles. The monoisotopic (exact) mass is 679 g/mol. The first kappa shape index (κ1) is 38.8. The van der Waals surface area contributed by atoms with E-state index in [1.165, 1.54) is 11.1 Å². The van der Waals surface area contributed by atoms with Crippen molar-refractivity contribution in [1.82, 2.24) is 20.4 Å². The van der Waals surface area contributed by atoms with E-state index in [2.05, 4.69) is 48.4 Å². The van der Waals surface area contributed by atoms with Crippen molar-refractivity contribution in [3.05, 3.63) is 89.5 Å². The number of amides is 2. The van der Waals surface area contributed by atoms with E-state index in [1.807, 2.05) is 49.4 Å². The number of rotatable bonds is 12. The Labute approximate surface area is 286 Å². The number of piperidine rings is 1. The second-order valence-corrected chi connectivity index (χ2v) is 15.1. The Morgan fingerprint density at radius 2 is 1.65 bits per heavy atom. The molecule has 0 bridgehead atoms. The number of hydrogen-bond acceptors (Lipinski definition) is 7. The fraction of sp³-hybridized carbons (Fsp3) is 0.459. The second-order valence-electron chi connectivity index (χ2n) is 13.3. The molecule has 0 saturated carbocycles. The number of likely N-dealkylation sites (tertiary alicyclic amines) is 1. The van der Waals surface area contributed by atoms with Crippen LogP contribution >= 0.6 is 0 Å². The molecule has 11 heteroatoms. The van der Waals surface area contributed by atoms with Gasteiger partial charge < -0.3 is 20.8 Å². The fourth-order valence-corrected chi connectivity index (χ4v) is 6.58. The van der Waals surface area contributed by atoms with Crippen molar-refractivity contribution in [3.8, 4) is 11.1 Å². The van der Waals surface area contributed by atoms with Gasteiger partial charge in [-0.1, -0.05) is 87.0 Å². The van der Waals surface area contributed by atoms with Crippen LogP contribution in [0.2, 0.25) is 0 Å². The van der Waals surface area contributed by atoms with Crippen LogP contribution in [0.25, 0.3) is 11.1 Å². The van der Waals surface area contributed by atoms with Gasteiger partial charge in [0, 0.05) is 26.6 Å². The molecular weight excluding hydrogens is 627 g/mol. The number of hydrogen-bond donors (Lipinski definition) is 4. The van der Waals surface area contributed by atoms with Crippen molar-refractivity contribution >= 4 is 21.8 Å². The van der Waals surface area contributed by atoms with Crippen molar-refractivity contribution in [2.24, 2.45) is 11.7 Å². The number of nitrogens with zero attached hydrogens (tertiary/aromatic N) is 1. The molecular formula is C37H53N5O5S. The molecule has 1 fully saturated rings. The summed E-state index contributed by atoms with van der Waals surface area (Å²) in [5.74, 6) is 0.339. The molecule has 0 aliphatic carbocycles. The smallest absolute Gasteiger partial charge is 0.241 e. The number of nitrogens with one attached hydrogen (secondary N) is 3. The molecule has 5 N–H and O–H groups in total. The first-order valence-electron chi connectivity index (χ1n) is 16.5. The van der Waals surface area contributed by atoms with Crippen LogP contribution < -0.4 is 21.3 Å². The summed E-state index contributed by atoms with van der Waals surface area (Å²) in [5, 5.41) is 2.63. The number of nitrogens with two attached hydrogens (primary N) is 1. The van der Waals surface area contributed by atoms with Crippen LogP contribution in [-0.4, -0.2) is 58.9 Å². The third kappa shape index (κ3) is 12.1. The summed E-state index contributed by atoms with van der Waals surface area (Å²) >= 11 is 0. The summed E-state index contributed by atoms with van der Waals surface area (Å²) in [6.45, 7) is 9.47. The summed E-state index contributed by atoms with van der Waals surface area (Å²) in [6, 6.07) is 22.9. The molecule has 10 nitrogen and oxygen atoms in total. The molecule has 1 aliphatic heterocycles. The molecule has 0 spiro atoms. The van der Waals surface area contributed by atoms with Gasteiger partial charge in [0.05, 0.1) is 18.6 Å². The molecule has 1 unspecified atom stereocenters. The van der Waals surface area contributed by atoms with Crippen LogP contribution in [0, 0.1) is 12.8 Å². The average molecular weight is 680 g/mol. The minimum Gasteiger partial charge on any atom is -0.359 e. The molecule has 2 amide bonds. The Hall–Kier alpha value is -3.61. The van der Waals surface area contributed by atoms with Gasteiger partial charge in [-0.05, 0) is 78.3 Å². The van der Waals surface area contributed by atoms with E-state index in [1.54, 1.807) is 37.3 Å². The third-order valence-corrected chi connectivity index (χ3v) is 9.95. The lowest BCUT2D eigenvalue weighted by atomic mass is 9.86. The van der Waals surface area contributed by atoms with E-state index < -0.39 is 10.0 Å². The van der Waals surface area contributed by atoms with Gasteiger partial charge in [-0.2, -0.15) is 5.48 Å². The van der Waals surface area contributed by atoms with E-state index in [9.17, 15) is 18.0 Å². The standard InChI is InChI=1S/C28H39N3O4S.C9H14N2O/c1-28(2,3)24-13-11-22(12-14-24)23-8-6-9-25(19-23)36(34,35)30-20-27(33)31-17-15-21(16-18-31)7-5-10-26(32)29-4;1-7-4-3-5-8(6-7)9(10)11-12-2/h6,8-9,11-14,19,21,30H,5,7,10,15-18,20H2,1-4H3,(H,29,32);3-6,9,11H,10H2,1-2H3. The van der Waals surface area contributed by atoms with Crippen LogP contribution in [0.1, 0.15) is 75.7 Å². The van der Waals surface area contributed by atoms with Crippen molar-refractivity contribution in [3.63, 3.8) is 0 Å². The van der Waals surface area contributed by atoms with Crippen molar-refractivity contribution in [2.45, 2.75) is 76.3 Å². The van der Waals surface area contributed by atoms with Gasteiger partial charge in [0.2, 0.25) is 21.8 Å². The third-order valence-electron chi connectivity index (χ3n) is 8.55. The van der Waals surface area contributed by atoms with Crippen molar-refractivity contribution in [2.75, 3.05) is 33.8 Å². The van der Waals surface area contributed by atoms with Crippen LogP contribution in [0.5, 0.6) is 0 Å². The molecule has 262 valence electrons. The number of aryl methyl sites for hydroxylation is 1. The average Bonchev–Trinajstić information content (AvgIpc) is 3.07. The highest BCUT2D eigenvalue weighted by Crippen LogP contribution is 2.27. The SMILES string of the molecule is CNC(=O)CCCC1CCN(C(=O)CNS(=O)(=O)c2cccc(-c3ccc(C(C)(C)C)cc3)c2)CC1.CONC(N)c1cccc(C)c1. The minimum absolute atomic E-state index is 0.0439. The van der Waals surface area contributed by atoms with Crippen molar-refractivity contribution < 1.29 is 22.8 Å². The first-order chi connectivity index (χ1) is 22.7. The van der Waals surface area contributed by atoms with E-state index in [-0.39, 0.29) is 34.8 Å². The Morgan fingerprint density at radius 1 is 0.979 bits per heavy atom. The molecule has 0 radical (unpaired) electrons. The molecule has 48 heavy (non-hydrogen) atoms. The maximum absolute atomic E-state index is 12.9. The Bertz CT molecular complexity index is 1580. The zero-order valence-corrected chi connectivity index (χ0v) is 30.0. The van der Waals surface area contributed by atoms with Crippen LogP contribution in [0.4, 0.5) is 0 Å². The highest BCUT2D eigenvalue weighted by Gasteiger charge is 2.24. The first-order valence-corrected chi connectivity index (χ1v) is 18.0. The summed E-state index contributed by atoms with van der Waals surface area (Å²) in [5.41, 5.74) is 13.6. The van der Waals surface area contributed by atoms with Gasteiger partial charge >= 0.3 is 0 Å². The molecule has 3 aromatic carbocycles. The minimum atomic E-state index is -3.82. The molecule has 1 saturated heterocycles. The fourth-order valence-electron chi connectivity index (χ4n) is 5.56. The number of hydroxylamine groups is 1. The van der Waals surface area contributed by atoms with Gasteiger partial charge in [0.25, 0.3) is 0 Å². The zero-order valence-electron chi connectivity index (χ0n) is 29.2. The summed E-state index contributed by atoms with van der Waals surface area (Å²) in [6.07, 6.45) is 3.84. The second kappa shape index (κ2) is 18.2. The largest absolute Gasteiger partial charge is 0.359 e. The normalized spacial score (nSPS) is 14.5. The Morgan fingerprint density at radius 3 is 2.25 bits per heavy atom. The number of carbonyl (C=O) groups is 2. The summed E-state index contributed by atoms with van der Waals surface area (Å²) < 4.78 is 28.3. The Balaban J connectivity index is 0.000000437. The highest BCUT2D eigenvalue weighted by atomic mass is 32.2. The van der Waals surface area contributed by atoms with E-state index in [0.717, 1.165) is 42.4 Å². The topological polar surface area (TPSA) is 143 Å². The van der Waals surface area contributed by atoms with Crippen LogP contribution in [-0.2, 0) is 29.9 Å². The molecule has 0 aromatic heterocycles. The molecule has 1 atom stereocenters. The number of carbonyl (C=O) groups excluding carboxylic acids is 2. The number of sulfonamides is 1. The lowest BCUT2D eigenvalue weighted by Gasteiger charge is -2.32. The van der Waals surface area contributed by atoms with Gasteiger partial charge in [0.1, 0.15) is 6.17 Å². The maximum Gasteiger partial charge on any atom is 0.241 e.